The Morgan fingerprint density at radius 1 is 1.30 bits per heavy atom. The molecule has 4 rings (SSSR count). The first-order valence-corrected chi connectivity index (χ1v) is 13.2. The molecule has 3 heterocycles. The predicted octanol–water partition coefficient (Wildman–Crippen LogP) is 3.27. The fourth-order valence-corrected chi connectivity index (χ4v) is 5.10. The van der Waals surface area contributed by atoms with Crippen LogP contribution in [0.1, 0.15) is 12.0 Å². The second kappa shape index (κ2) is 10.5. The quantitative estimate of drug-likeness (QED) is 0.270. The average molecular weight is 675 g/mol. The molecule has 2 unspecified atom stereocenters. The van der Waals surface area contributed by atoms with Crippen LogP contribution in [0, 0.1) is 0 Å². The Kier molecular flexibility index (Phi) is 7.88. The van der Waals surface area contributed by atoms with Crippen LogP contribution in [0.15, 0.2) is 48.6 Å². The van der Waals surface area contributed by atoms with E-state index < -0.39 is 50.6 Å². The first-order chi connectivity index (χ1) is 17.2. The Morgan fingerprint density at radius 3 is 2.70 bits per heavy atom. The number of nitrogens with zero attached hydrogens (tertiary/aromatic N) is 2. The van der Waals surface area contributed by atoms with E-state index >= 15 is 0 Å². The summed E-state index contributed by atoms with van der Waals surface area (Å²) in [6, 6.07) is 6.24. The molecule has 1 aliphatic heterocycles. The lowest BCUT2D eigenvalue weighted by molar-refractivity contribution is -0.140. The Bertz CT molecular complexity index is 1450. The Morgan fingerprint density at radius 2 is 2.03 bits per heavy atom. The van der Waals surface area contributed by atoms with Crippen LogP contribution in [0.4, 0.5) is 19.4 Å². The van der Waals surface area contributed by atoms with Crippen LogP contribution >= 0.6 is 39.7 Å². The van der Waals surface area contributed by atoms with Crippen molar-refractivity contribution in [2.75, 3.05) is 11.9 Å². The highest BCUT2D eigenvalue weighted by Crippen LogP contribution is 2.44. The van der Waals surface area contributed by atoms with Crippen LogP contribution in [0.3, 0.4) is 0 Å². The minimum atomic E-state index is -5.02. The number of aromatic nitrogens is 2. The molecule has 0 aliphatic carbocycles. The highest BCUT2D eigenvalue weighted by Gasteiger charge is 2.60. The van der Waals surface area contributed by atoms with Gasteiger partial charge in [-0.05, 0) is 40.2 Å². The number of anilines is 1. The molecule has 0 radical (unpaired) electrons. The summed E-state index contributed by atoms with van der Waals surface area (Å²) in [4.78, 5) is 45.4. The van der Waals surface area contributed by atoms with Gasteiger partial charge in [0.1, 0.15) is 23.3 Å². The number of hydrogen-bond acceptors (Lipinski definition) is 9. The Hall–Kier alpha value is -2.24. The fourth-order valence-electron chi connectivity index (χ4n) is 3.42. The highest BCUT2D eigenvalue weighted by atomic mass is 79.9. The normalized spacial score (nSPS) is 21.3. The Labute approximate surface area is 221 Å². The van der Waals surface area contributed by atoms with Crippen LogP contribution < -0.4 is 11.0 Å². The molecule has 2 aromatic heterocycles. The van der Waals surface area contributed by atoms with Crippen LogP contribution in [0.25, 0.3) is 11.0 Å². The van der Waals surface area contributed by atoms with Gasteiger partial charge >= 0.3 is 25.5 Å². The van der Waals surface area contributed by atoms with E-state index in [1.54, 1.807) is 18.2 Å². The molecule has 0 bridgehead atoms. The van der Waals surface area contributed by atoms with Crippen molar-refractivity contribution in [2.45, 2.75) is 31.0 Å². The van der Waals surface area contributed by atoms with Crippen LogP contribution in [0.2, 0.25) is 0 Å². The van der Waals surface area contributed by atoms with E-state index in [0.717, 1.165) is 22.1 Å². The lowest BCUT2D eigenvalue weighted by Gasteiger charge is -2.21. The van der Waals surface area contributed by atoms with Crippen molar-refractivity contribution in [3.63, 3.8) is 0 Å². The van der Waals surface area contributed by atoms with Crippen molar-refractivity contribution in [1.29, 1.82) is 0 Å². The molecular weight excluding hydrogens is 659 g/mol. The van der Waals surface area contributed by atoms with Crippen molar-refractivity contribution in [3.8, 4) is 0 Å². The zero-order valence-corrected chi connectivity index (χ0v) is 22.2. The first kappa shape index (κ1) is 27.8. The number of halogens is 4. The summed E-state index contributed by atoms with van der Waals surface area (Å²) in [5.74, 6) is -4.05. The molecule has 0 spiro atoms. The van der Waals surface area contributed by atoms with Gasteiger partial charge in [-0.25, -0.2) is 14.2 Å². The van der Waals surface area contributed by atoms with Crippen molar-refractivity contribution in [3.05, 3.63) is 55.7 Å². The lowest BCUT2D eigenvalue weighted by Crippen LogP contribution is -2.42. The largest absolute Gasteiger partial charge is 0.469 e. The average Bonchev–Trinajstić information content (AvgIpc) is 3.29. The van der Waals surface area contributed by atoms with Crippen LogP contribution in [0.5, 0.6) is 0 Å². The minimum Gasteiger partial charge on any atom is -0.456 e. The van der Waals surface area contributed by atoms with E-state index in [0.29, 0.717) is 20.4 Å². The molecule has 1 saturated heterocycles. The van der Waals surface area contributed by atoms with Crippen molar-refractivity contribution >= 4 is 62.6 Å². The summed E-state index contributed by atoms with van der Waals surface area (Å²) in [6.45, 7) is -1.33. The summed E-state index contributed by atoms with van der Waals surface area (Å²) >= 11 is 6.71. The molecule has 37 heavy (non-hydrogen) atoms. The highest BCUT2D eigenvalue weighted by molar-refractivity contribution is 9.11. The van der Waals surface area contributed by atoms with Gasteiger partial charge in [-0.15, -0.1) is 0 Å². The van der Waals surface area contributed by atoms with Crippen LogP contribution in [-0.4, -0.2) is 55.3 Å². The SMILES string of the molecule is O=C(Nc1ccn(C2OC(COP(=O)(O)O)[C@@H](O)C2(F)F)c(=O)n1)OCc1cc2cc(Br)cc(Br)c2o1. The number of alkyl halides is 2. The number of aliphatic hydroxyl groups excluding tert-OH is 1. The third kappa shape index (κ3) is 6.26. The number of rotatable bonds is 7. The summed E-state index contributed by atoms with van der Waals surface area (Å²) < 4.78 is 61.4. The molecule has 3 atom stereocenters. The van der Waals surface area contributed by atoms with E-state index in [1.807, 2.05) is 0 Å². The molecule has 0 saturated carbocycles. The van der Waals surface area contributed by atoms with Gasteiger partial charge in [0.05, 0.1) is 11.1 Å². The van der Waals surface area contributed by atoms with E-state index in [4.69, 9.17) is 23.7 Å². The topological polar surface area (TPSA) is 183 Å². The first-order valence-electron chi connectivity index (χ1n) is 10.1. The number of benzene rings is 1. The van der Waals surface area contributed by atoms with Gasteiger partial charge in [-0.2, -0.15) is 13.8 Å². The number of carbonyl (C=O) groups is 1. The number of hydrogen-bond donors (Lipinski definition) is 4. The van der Waals surface area contributed by atoms with Gasteiger partial charge in [-0.1, -0.05) is 15.9 Å². The number of phosphoric acid groups is 1. The van der Waals surface area contributed by atoms with Gasteiger partial charge in [0, 0.05) is 16.1 Å². The van der Waals surface area contributed by atoms with Gasteiger partial charge in [0.15, 0.2) is 12.7 Å². The fraction of sp³-hybridized carbons (Fsp3) is 0.316. The van der Waals surface area contributed by atoms with Gasteiger partial charge in [0.25, 0.3) is 0 Å². The number of nitrogens with one attached hydrogen (secondary N) is 1. The smallest absolute Gasteiger partial charge is 0.456 e. The zero-order valence-electron chi connectivity index (χ0n) is 18.1. The molecule has 18 heteroatoms. The van der Waals surface area contributed by atoms with Gasteiger partial charge < -0.3 is 28.8 Å². The number of fused-ring (bicyclic) bond motifs is 1. The second-order valence-corrected chi connectivity index (χ2v) is 10.7. The van der Waals surface area contributed by atoms with Crippen molar-refractivity contribution < 1.29 is 51.4 Å². The van der Waals surface area contributed by atoms with E-state index in [9.17, 15) is 28.0 Å². The molecule has 200 valence electrons. The number of ether oxygens (including phenoxy) is 2. The molecule has 1 aromatic carbocycles. The van der Waals surface area contributed by atoms with Gasteiger partial charge in [0.2, 0.25) is 6.23 Å². The molecule has 13 nitrogen and oxygen atoms in total. The minimum absolute atomic E-state index is 0.264. The van der Waals surface area contributed by atoms with E-state index in [-0.39, 0.29) is 12.4 Å². The molecule has 1 amide bonds. The number of phosphoric ester groups is 1. The maximum Gasteiger partial charge on any atom is 0.469 e. The molecule has 1 fully saturated rings. The third-order valence-corrected chi connectivity index (χ3v) is 6.56. The number of carbonyl (C=O) groups excluding carboxylic acids is 1. The van der Waals surface area contributed by atoms with Crippen LogP contribution in [-0.2, 0) is 25.2 Å². The molecule has 3 aromatic rings. The second-order valence-electron chi connectivity index (χ2n) is 7.66. The lowest BCUT2D eigenvalue weighted by atomic mass is 10.1. The van der Waals surface area contributed by atoms with E-state index in [1.165, 1.54) is 0 Å². The number of amides is 1. The molecule has 1 aliphatic rings. The van der Waals surface area contributed by atoms with Crippen molar-refractivity contribution in [2.24, 2.45) is 0 Å². The maximum atomic E-state index is 14.5. The predicted molar refractivity (Wildman–Crippen MR) is 127 cm³/mol. The standard InChI is InChI=1S/C19H16Br2F2N3O10P/c20-9-3-8-4-10(35-14(8)11(21)5-9)6-33-18(29)25-13-1-2-26(17(28)24-13)16-19(22,23)15(27)12(36-16)7-34-37(30,31)32/h1-5,12,15-16,27H,6-7H2,(H2,30,31,32)(H,24,25,28,29)/t12?,15-,16?/m1/s1. The zero-order chi connectivity index (χ0) is 27.1. The summed E-state index contributed by atoms with van der Waals surface area (Å²) in [5.41, 5.74) is -0.738. The molecule has 4 N–H and O–H groups in total. The number of aliphatic hydroxyl groups is 1. The maximum absolute atomic E-state index is 14.5. The Balaban J connectivity index is 1.40. The third-order valence-electron chi connectivity index (χ3n) is 5.03. The number of furan rings is 1. The monoisotopic (exact) mass is 673 g/mol. The van der Waals surface area contributed by atoms with E-state index in [2.05, 4.69) is 46.7 Å². The van der Waals surface area contributed by atoms with Crippen molar-refractivity contribution in [1.82, 2.24) is 9.55 Å². The van der Waals surface area contributed by atoms with Gasteiger partial charge in [-0.3, -0.25) is 14.4 Å². The summed E-state index contributed by atoms with van der Waals surface area (Å²) in [7, 11) is -5.02. The summed E-state index contributed by atoms with van der Waals surface area (Å²) in [5, 5.41) is 12.7. The molecular formula is C19H16Br2F2N3O10P. The summed E-state index contributed by atoms with van der Waals surface area (Å²) in [6.07, 6.45) is -6.94.